The number of hydrogen-bond acceptors (Lipinski definition) is 4. The molecule has 3 rings (SSSR count). The number of pyridine rings is 1. The molecule has 96 valence electrons. The maximum Gasteiger partial charge on any atom is 0.188 e. The summed E-state index contributed by atoms with van der Waals surface area (Å²) < 4.78 is 1.93. The van der Waals surface area contributed by atoms with Crippen LogP contribution >= 0.6 is 23.4 Å². The summed E-state index contributed by atoms with van der Waals surface area (Å²) in [6, 6.07) is 5.63. The molecular weight excluding hydrogens is 280 g/mol. The molecule has 0 radical (unpaired) electrons. The third kappa shape index (κ3) is 2.88. The fourth-order valence-electron chi connectivity index (χ4n) is 1.72. The molecule has 0 aliphatic rings. The van der Waals surface area contributed by atoms with Gasteiger partial charge in [-0.15, -0.1) is 0 Å². The standard InChI is InChI=1S/C13H11ClN4S/c1-9-4-5-15-13(16-9)19-8-11-7-18-6-10(14)2-3-12(18)17-11/h2-7H,8H2,1H3. The van der Waals surface area contributed by atoms with Crippen molar-refractivity contribution in [2.24, 2.45) is 0 Å². The number of rotatable bonds is 3. The van der Waals surface area contributed by atoms with Crippen LogP contribution in [-0.4, -0.2) is 19.4 Å². The first-order valence-electron chi connectivity index (χ1n) is 5.76. The maximum absolute atomic E-state index is 5.94. The topological polar surface area (TPSA) is 43.1 Å². The van der Waals surface area contributed by atoms with Crippen LogP contribution in [0.1, 0.15) is 11.4 Å². The van der Waals surface area contributed by atoms with Gasteiger partial charge >= 0.3 is 0 Å². The Morgan fingerprint density at radius 1 is 1.21 bits per heavy atom. The van der Waals surface area contributed by atoms with E-state index in [1.807, 2.05) is 41.9 Å². The largest absolute Gasteiger partial charge is 0.305 e. The molecule has 0 aliphatic carbocycles. The van der Waals surface area contributed by atoms with Crippen LogP contribution in [0.25, 0.3) is 5.65 Å². The molecular formula is C13H11ClN4S. The normalized spacial score (nSPS) is 11.1. The van der Waals surface area contributed by atoms with Gasteiger partial charge in [0.2, 0.25) is 0 Å². The van der Waals surface area contributed by atoms with Gasteiger partial charge in [0.25, 0.3) is 0 Å². The number of imidazole rings is 1. The van der Waals surface area contributed by atoms with Crippen LogP contribution in [0.4, 0.5) is 0 Å². The van der Waals surface area contributed by atoms with Crippen molar-refractivity contribution in [1.29, 1.82) is 0 Å². The summed E-state index contributed by atoms with van der Waals surface area (Å²) in [4.78, 5) is 13.1. The van der Waals surface area contributed by atoms with Crippen molar-refractivity contribution in [2.75, 3.05) is 0 Å². The van der Waals surface area contributed by atoms with Crippen molar-refractivity contribution in [1.82, 2.24) is 19.4 Å². The molecule has 0 amide bonds. The Kier molecular flexibility index (Phi) is 3.40. The number of aromatic nitrogens is 4. The van der Waals surface area contributed by atoms with Crippen molar-refractivity contribution in [3.05, 3.63) is 53.2 Å². The third-order valence-electron chi connectivity index (χ3n) is 2.59. The van der Waals surface area contributed by atoms with Crippen LogP contribution in [-0.2, 0) is 5.75 Å². The van der Waals surface area contributed by atoms with Crippen molar-refractivity contribution < 1.29 is 0 Å². The van der Waals surface area contributed by atoms with E-state index in [0.29, 0.717) is 5.02 Å². The van der Waals surface area contributed by atoms with Crippen molar-refractivity contribution in [3.8, 4) is 0 Å². The van der Waals surface area contributed by atoms with Gasteiger partial charge in [0.05, 0.1) is 10.7 Å². The third-order valence-corrected chi connectivity index (χ3v) is 3.71. The number of hydrogen-bond donors (Lipinski definition) is 0. The predicted octanol–water partition coefficient (Wildman–Crippen LogP) is 3.38. The lowest BCUT2D eigenvalue weighted by Crippen LogP contribution is -1.89. The molecule has 0 N–H and O–H groups in total. The Morgan fingerprint density at radius 3 is 2.95 bits per heavy atom. The second kappa shape index (κ2) is 5.19. The van der Waals surface area contributed by atoms with Gasteiger partial charge in [0.15, 0.2) is 5.16 Å². The summed E-state index contributed by atoms with van der Waals surface area (Å²) in [7, 11) is 0. The minimum Gasteiger partial charge on any atom is -0.305 e. The Labute approximate surface area is 119 Å². The summed E-state index contributed by atoms with van der Waals surface area (Å²) in [6.07, 6.45) is 5.60. The van der Waals surface area contributed by atoms with E-state index in [2.05, 4.69) is 15.0 Å². The highest BCUT2D eigenvalue weighted by Crippen LogP contribution is 2.19. The van der Waals surface area contributed by atoms with E-state index < -0.39 is 0 Å². The van der Waals surface area contributed by atoms with Crippen molar-refractivity contribution in [2.45, 2.75) is 17.8 Å². The molecule has 0 aromatic carbocycles. The van der Waals surface area contributed by atoms with Gasteiger partial charge in [-0.05, 0) is 25.1 Å². The lowest BCUT2D eigenvalue weighted by atomic mass is 10.5. The highest BCUT2D eigenvalue weighted by Gasteiger charge is 2.04. The summed E-state index contributed by atoms with van der Waals surface area (Å²) in [5, 5.41) is 1.47. The molecule has 0 saturated heterocycles. The molecule has 0 saturated carbocycles. The number of thioether (sulfide) groups is 1. The number of fused-ring (bicyclic) bond motifs is 1. The summed E-state index contributed by atoms with van der Waals surface area (Å²) in [6.45, 7) is 1.96. The van der Waals surface area contributed by atoms with Gasteiger partial charge in [-0.25, -0.2) is 15.0 Å². The monoisotopic (exact) mass is 290 g/mol. The second-order valence-corrected chi connectivity index (χ2v) is 5.49. The first-order chi connectivity index (χ1) is 9.20. The first-order valence-corrected chi connectivity index (χ1v) is 7.13. The number of nitrogens with zero attached hydrogens (tertiary/aromatic N) is 4. The smallest absolute Gasteiger partial charge is 0.188 e. The summed E-state index contributed by atoms with van der Waals surface area (Å²) >= 11 is 7.52. The molecule has 0 unspecified atom stereocenters. The zero-order valence-corrected chi connectivity index (χ0v) is 11.8. The molecule has 4 nitrogen and oxygen atoms in total. The Balaban J connectivity index is 1.78. The van der Waals surface area contributed by atoms with Crippen LogP contribution in [0.2, 0.25) is 5.02 Å². The Bertz CT molecular complexity index is 725. The first kappa shape index (κ1) is 12.4. The lowest BCUT2D eigenvalue weighted by Gasteiger charge is -1.97. The fourth-order valence-corrected chi connectivity index (χ4v) is 2.65. The molecule has 3 heterocycles. The van der Waals surface area contributed by atoms with Crippen molar-refractivity contribution >= 4 is 29.0 Å². The molecule has 3 aromatic rings. The van der Waals surface area contributed by atoms with E-state index >= 15 is 0 Å². The minimum atomic E-state index is 0.700. The van der Waals surface area contributed by atoms with Gasteiger partial charge < -0.3 is 4.40 Å². The van der Waals surface area contributed by atoms with Crippen LogP contribution in [0.5, 0.6) is 0 Å². The van der Waals surface area contributed by atoms with Crippen LogP contribution in [0.3, 0.4) is 0 Å². The van der Waals surface area contributed by atoms with Crippen LogP contribution < -0.4 is 0 Å². The highest BCUT2D eigenvalue weighted by molar-refractivity contribution is 7.98. The van der Waals surface area contributed by atoms with E-state index in [1.54, 1.807) is 18.0 Å². The zero-order valence-electron chi connectivity index (χ0n) is 10.2. The van der Waals surface area contributed by atoms with E-state index in [-0.39, 0.29) is 0 Å². The number of aryl methyl sites for hydroxylation is 1. The molecule has 0 atom stereocenters. The van der Waals surface area contributed by atoms with Crippen LogP contribution in [0.15, 0.2) is 41.9 Å². The van der Waals surface area contributed by atoms with Crippen LogP contribution in [0, 0.1) is 6.92 Å². The SMILES string of the molecule is Cc1ccnc(SCc2cn3cc(Cl)ccc3n2)n1. The predicted molar refractivity (Wildman–Crippen MR) is 76.5 cm³/mol. The van der Waals surface area contributed by atoms with Gasteiger partial charge in [0.1, 0.15) is 5.65 Å². The lowest BCUT2D eigenvalue weighted by molar-refractivity contribution is 0.931. The molecule has 19 heavy (non-hydrogen) atoms. The number of halogens is 1. The average molecular weight is 291 g/mol. The van der Waals surface area contributed by atoms with Gasteiger partial charge in [0, 0.05) is 30.0 Å². The Morgan fingerprint density at radius 2 is 2.11 bits per heavy atom. The molecule has 6 heteroatoms. The Hall–Kier alpha value is -1.59. The average Bonchev–Trinajstić information content (AvgIpc) is 2.78. The zero-order chi connectivity index (χ0) is 13.2. The van der Waals surface area contributed by atoms with Gasteiger partial charge in [-0.3, -0.25) is 0 Å². The minimum absolute atomic E-state index is 0.700. The maximum atomic E-state index is 5.94. The van der Waals surface area contributed by atoms with E-state index in [0.717, 1.165) is 27.9 Å². The van der Waals surface area contributed by atoms with E-state index in [4.69, 9.17) is 11.6 Å². The molecule has 0 bridgehead atoms. The van der Waals surface area contributed by atoms with E-state index in [9.17, 15) is 0 Å². The quantitative estimate of drug-likeness (QED) is 0.548. The second-order valence-electron chi connectivity index (χ2n) is 4.11. The van der Waals surface area contributed by atoms with Gasteiger partial charge in [-0.2, -0.15) is 0 Å². The molecule has 0 spiro atoms. The van der Waals surface area contributed by atoms with Crippen molar-refractivity contribution in [3.63, 3.8) is 0 Å². The highest BCUT2D eigenvalue weighted by atomic mass is 35.5. The fraction of sp³-hybridized carbons (Fsp3) is 0.154. The molecule has 0 fully saturated rings. The molecule has 0 aliphatic heterocycles. The summed E-state index contributed by atoms with van der Waals surface area (Å²) in [5.41, 5.74) is 2.85. The van der Waals surface area contributed by atoms with E-state index in [1.165, 1.54) is 0 Å². The molecule has 3 aromatic heterocycles. The van der Waals surface area contributed by atoms with Gasteiger partial charge in [-0.1, -0.05) is 23.4 Å². The summed E-state index contributed by atoms with van der Waals surface area (Å²) in [5.74, 6) is 0.739.